The summed E-state index contributed by atoms with van der Waals surface area (Å²) in [5.74, 6) is 0. The van der Waals surface area contributed by atoms with Gasteiger partial charge in [-0.2, -0.15) is 26.3 Å². The average Bonchev–Trinajstić information content (AvgIpc) is 2.56. The highest BCUT2D eigenvalue weighted by Crippen LogP contribution is 2.56. The molecule has 27 heavy (non-hydrogen) atoms. The van der Waals surface area contributed by atoms with Crippen LogP contribution in [0.3, 0.4) is 0 Å². The van der Waals surface area contributed by atoms with Gasteiger partial charge < -0.3 is 9.47 Å². The third-order valence-electron chi connectivity index (χ3n) is 4.25. The van der Waals surface area contributed by atoms with Crippen LogP contribution in [-0.4, -0.2) is 26.6 Å². The quantitative estimate of drug-likeness (QED) is 0.614. The van der Waals surface area contributed by atoms with E-state index in [0.717, 1.165) is 24.3 Å². The summed E-state index contributed by atoms with van der Waals surface area (Å²) in [5, 5.41) is 0. The number of benzene rings is 2. The Balaban J connectivity index is 2.71. The van der Waals surface area contributed by atoms with Gasteiger partial charge in [-0.3, -0.25) is 0 Å². The lowest BCUT2D eigenvalue weighted by Crippen LogP contribution is -2.54. The SMILES string of the molecule is COCc1ccc(C(c2ccc(COC)cc2)(C(F)(F)F)C(F)(F)F)cc1. The van der Waals surface area contributed by atoms with Crippen LogP contribution in [0.2, 0.25) is 0 Å². The molecule has 0 bridgehead atoms. The molecular weight excluding hydrogens is 374 g/mol. The van der Waals surface area contributed by atoms with Gasteiger partial charge in [-0.05, 0) is 22.3 Å². The molecule has 0 N–H and O–H groups in total. The number of alkyl halides is 6. The number of halogens is 6. The summed E-state index contributed by atoms with van der Waals surface area (Å²) in [6.07, 6.45) is -11.2. The van der Waals surface area contributed by atoms with Crippen molar-refractivity contribution in [1.82, 2.24) is 0 Å². The Bertz CT molecular complexity index is 667. The fourth-order valence-electron chi connectivity index (χ4n) is 3.02. The fourth-order valence-corrected chi connectivity index (χ4v) is 3.02. The summed E-state index contributed by atoms with van der Waals surface area (Å²) in [4.78, 5) is 0. The molecule has 0 saturated heterocycles. The van der Waals surface area contributed by atoms with Crippen molar-refractivity contribution < 1.29 is 35.8 Å². The largest absolute Gasteiger partial charge is 0.411 e. The number of ether oxygens (including phenoxy) is 2. The van der Waals surface area contributed by atoms with Crippen LogP contribution in [0, 0.1) is 0 Å². The van der Waals surface area contributed by atoms with E-state index in [2.05, 4.69) is 0 Å². The van der Waals surface area contributed by atoms with Crippen LogP contribution in [0.1, 0.15) is 22.3 Å². The van der Waals surface area contributed by atoms with Gasteiger partial charge in [0, 0.05) is 14.2 Å². The number of hydrogen-bond donors (Lipinski definition) is 0. The highest BCUT2D eigenvalue weighted by Gasteiger charge is 2.72. The van der Waals surface area contributed by atoms with Gasteiger partial charge in [-0.15, -0.1) is 0 Å². The van der Waals surface area contributed by atoms with E-state index in [1.165, 1.54) is 38.5 Å². The molecule has 0 unspecified atom stereocenters. The van der Waals surface area contributed by atoms with Gasteiger partial charge in [0.25, 0.3) is 0 Å². The van der Waals surface area contributed by atoms with Gasteiger partial charge in [0.1, 0.15) is 0 Å². The lowest BCUT2D eigenvalue weighted by atomic mass is 9.72. The minimum absolute atomic E-state index is 0.0804. The average molecular weight is 392 g/mol. The molecule has 0 aliphatic rings. The van der Waals surface area contributed by atoms with Crippen molar-refractivity contribution >= 4 is 0 Å². The predicted octanol–water partition coefficient (Wildman–Crippen LogP) is 5.39. The van der Waals surface area contributed by atoms with E-state index in [4.69, 9.17) is 9.47 Å². The zero-order valence-corrected chi connectivity index (χ0v) is 14.6. The monoisotopic (exact) mass is 392 g/mol. The second-order valence-corrected chi connectivity index (χ2v) is 6.01. The number of methoxy groups -OCH3 is 2. The molecule has 0 amide bonds. The molecular formula is C19H18F6O2. The van der Waals surface area contributed by atoms with Crippen molar-refractivity contribution in [2.24, 2.45) is 0 Å². The maximum absolute atomic E-state index is 14.0. The molecule has 148 valence electrons. The Kier molecular flexibility index (Phi) is 6.21. The normalized spacial score (nSPS) is 13.0. The Morgan fingerprint density at radius 2 is 0.889 bits per heavy atom. The zero-order valence-electron chi connectivity index (χ0n) is 14.6. The molecule has 0 aromatic heterocycles. The lowest BCUT2D eigenvalue weighted by molar-refractivity contribution is -0.288. The summed E-state index contributed by atoms with van der Waals surface area (Å²) in [7, 11) is 2.76. The maximum Gasteiger partial charge on any atom is 0.411 e. The van der Waals surface area contributed by atoms with E-state index in [-0.39, 0.29) is 13.2 Å². The molecule has 0 heterocycles. The maximum atomic E-state index is 14.0. The molecule has 8 heteroatoms. The van der Waals surface area contributed by atoms with Crippen molar-refractivity contribution in [2.45, 2.75) is 31.0 Å². The molecule has 0 saturated carbocycles. The molecule has 0 atom stereocenters. The molecule has 2 nitrogen and oxygen atoms in total. The van der Waals surface area contributed by atoms with Gasteiger partial charge >= 0.3 is 12.4 Å². The van der Waals surface area contributed by atoms with Crippen molar-refractivity contribution in [3.8, 4) is 0 Å². The van der Waals surface area contributed by atoms with E-state index < -0.39 is 28.9 Å². The minimum atomic E-state index is -5.60. The van der Waals surface area contributed by atoms with E-state index in [0.29, 0.717) is 11.1 Å². The number of hydrogen-bond acceptors (Lipinski definition) is 2. The van der Waals surface area contributed by atoms with Crippen LogP contribution in [0.25, 0.3) is 0 Å². The summed E-state index contributed by atoms with van der Waals surface area (Å²) in [6.45, 7) is 0.161. The highest BCUT2D eigenvalue weighted by atomic mass is 19.4. The van der Waals surface area contributed by atoms with Gasteiger partial charge in [0.05, 0.1) is 13.2 Å². The Hall–Kier alpha value is -2.06. The third kappa shape index (κ3) is 3.96. The van der Waals surface area contributed by atoms with E-state index in [1.807, 2.05) is 0 Å². The van der Waals surface area contributed by atoms with E-state index in [9.17, 15) is 26.3 Å². The molecule has 0 aliphatic heterocycles. The summed E-state index contributed by atoms with van der Waals surface area (Å²) in [5.41, 5.74) is -5.01. The molecule has 2 aromatic rings. The second kappa shape index (κ2) is 7.90. The fraction of sp³-hybridized carbons (Fsp3) is 0.368. The van der Waals surface area contributed by atoms with Crippen LogP contribution < -0.4 is 0 Å². The van der Waals surface area contributed by atoms with Crippen molar-refractivity contribution in [1.29, 1.82) is 0 Å². The lowest BCUT2D eigenvalue weighted by Gasteiger charge is -2.38. The van der Waals surface area contributed by atoms with Crippen LogP contribution >= 0.6 is 0 Å². The van der Waals surface area contributed by atoms with Crippen molar-refractivity contribution in [2.75, 3.05) is 14.2 Å². The summed E-state index contributed by atoms with van der Waals surface area (Å²) < 4.78 is 93.5. The molecule has 2 rings (SSSR count). The van der Waals surface area contributed by atoms with E-state index >= 15 is 0 Å². The van der Waals surface area contributed by atoms with E-state index in [1.54, 1.807) is 0 Å². The molecule has 0 aliphatic carbocycles. The second-order valence-electron chi connectivity index (χ2n) is 6.01. The first kappa shape index (κ1) is 21.2. The molecule has 0 fully saturated rings. The molecule has 0 radical (unpaired) electrons. The van der Waals surface area contributed by atoms with Gasteiger partial charge in [-0.25, -0.2) is 0 Å². The highest BCUT2D eigenvalue weighted by molar-refractivity contribution is 5.45. The van der Waals surface area contributed by atoms with Crippen LogP contribution in [-0.2, 0) is 28.1 Å². The van der Waals surface area contributed by atoms with Crippen LogP contribution in [0.15, 0.2) is 48.5 Å². The minimum Gasteiger partial charge on any atom is -0.380 e. The van der Waals surface area contributed by atoms with Crippen LogP contribution in [0.5, 0.6) is 0 Å². The van der Waals surface area contributed by atoms with Crippen molar-refractivity contribution in [3.05, 3.63) is 70.8 Å². The predicted molar refractivity (Wildman–Crippen MR) is 87.2 cm³/mol. The Morgan fingerprint density at radius 1 is 0.593 bits per heavy atom. The Labute approximate surface area is 152 Å². The summed E-state index contributed by atoms with van der Waals surface area (Å²) >= 11 is 0. The van der Waals surface area contributed by atoms with Crippen LogP contribution in [0.4, 0.5) is 26.3 Å². The smallest absolute Gasteiger partial charge is 0.380 e. The molecule has 0 spiro atoms. The molecule has 2 aromatic carbocycles. The first-order valence-electron chi connectivity index (χ1n) is 7.88. The standard InChI is InChI=1S/C19H18F6O2/c1-26-11-13-3-7-15(8-4-13)17(18(20,21)22,19(23,24)25)16-9-5-14(6-10-16)12-27-2/h3-10H,11-12H2,1-2H3. The third-order valence-corrected chi connectivity index (χ3v) is 4.25. The van der Waals surface area contributed by atoms with Gasteiger partial charge in [0.2, 0.25) is 5.41 Å². The summed E-state index contributed by atoms with van der Waals surface area (Å²) in [6, 6.07) is 8.18. The van der Waals surface area contributed by atoms with Crippen molar-refractivity contribution in [3.63, 3.8) is 0 Å². The van der Waals surface area contributed by atoms with Gasteiger partial charge in [0.15, 0.2) is 0 Å². The Morgan fingerprint density at radius 3 is 1.11 bits per heavy atom. The number of rotatable bonds is 6. The first-order chi connectivity index (χ1) is 12.6. The first-order valence-corrected chi connectivity index (χ1v) is 7.88. The van der Waals surface area contributed by atoms with Gasteiger partial charge in [-0.1, -0.05) is 48.5 Å². The zero-order chi connectivity index (χ0) is 20.3. The topological polar surface area (TPSA) is 18.5 Å².